The van der Waals surface area contributed by atoms with E-state index >= 15 is 0 Å². The summed E-state index contributed by atoms with van der Waals surface area (Å²) in [6.45, 7) is 4.84. The molecule has 0 aliphatic heterocycles. The number of halogens is 3. The van der Waals surface area contributed by atoms with Crippen molar-refractivity contribution in [3.8, 4) is 0 Å². The van der Waals surface area contributed by atoms with Crippen LogP contribution in [0.3, 0.4) is 0 Å². The second-order valence-corrected chi connectivity index (χ2v) is 6.44. The van der Waals surface area contributed by atoms with Gasteiger partial charge in [-0.1, -0.05) is 0 Å². The first kappa shape index (κ1) is 19.1. The number of rotatable bonds is 5. The summed E-state index contributed by atoms with van der Waals surface area (Å²) >= 11 is 0. The van der Waals surface area contributed by atoms with Crippen LogP contribution in [0.5, 0.6) is 0 Å². The molecule has 130 valence electrons. The Bertz CT molecular complexity index is 539. The highest BCUT2D eigenvalue weighted by molar-refractivity contribution is 5.71. The van der Waals surface area contributed by atoms with Gasteiger partial charge in [-0.3, -0.25) is 4.79 Å². The van der Waals surface area contributed by atoms with Crippen LogP contribution < -0.4 is 5.32 Å². The largest absolute Gasteiger partial charge is 0.481 e. The fraction of sp³-hybridized carbons (Fsp3) is 0.600. The number of ether oxygens (including phenoxy) is 1. The Morgan fingerprint density at radius 3 is 2.52 bits per heavy atom. The highest BCUT2D eigenvalue weighted by atomic mass is 19.2. The molecule has 1 unspecified atom stereocenters. The van der Waals surface area contributed by atoms with Crippen molar-refractivity contribution < 1.29 is 32.6 Å². The molecule has 1 aliphatic rings. The van der Waals surface area contributed by atoms with Crippen LogP contribution in [0.4, 0.5) is 18.0 Å². The van der Waals surface area contributed by atoms with Crippen molar-refractivity contribution in [1.29, 1.82) is 0 Å². The van der Waals surface area contributed by atoms with Gasteiger partial charge in [-0.25, -0.2) is 18.0 Å². The summed E-state index contributed by atoms with van der Waals surface area (Å²) in [7, 11) is 0. The van der Waals surface area contributed by atoms with E-state index in [1.807, 2.05) is 0 Å². The molecule has 23 heavy (non-hydrogen) atoms. The highest BCUT2D eigenvalue weighted by Crippen LogP contribution is 2.35. The van der Waals surface area contributed by atoms with Gasteiger partial charge in [0.1, 0.15) is 17.1 Å². The van der Waals surface area contributed by atoms with Gasteiger partial charge in [-0.15, -0.1) is 0 Å². The molecule has 0 radical (unpaired) electrons. The van der Waals surface area contributed by atoms with E-state index in [2.05, 4.69) is 5.32 Å². The van der Waals surface area contributed by atoms with E-state index < -0.39 is 60.3 Å². The van der Waals surface area contributed by atoms with E-state index in [1.165, 1.54) is 0 Å². The van der Waals surface area contributed by atoms with Gasteiger partial charge >= 0.3 is 12.1 Å². The average Bonchev–Trinajstić information content (AvgIpc) is 2.30. The quantitative estimate of drug-likeness (QED) is 0.805. The summed E-state index contributed by atoms with van der Waals surface area (Å²) in [6, 6.07) is -1.13. The summed E-state index contributed by atoms with van der Waals surface area (Å²) < 4.78 is 45.7. The third-order valence-electron chi connectivity index (χ3n) is 2.96. The maximum Gasteiger partial charge on any atom is 0.407 e. The Labute approximate surface area is 132 Å². The van der Waals surface area contributed by atoms with Crippen molar-refractivity contribution in [3.05, 3.63) is 23.8 Å². The third kappa shape index (κ3) is 6.75. The van der Waals surface area contributed by atoms with Crippen LogP contribution in [0.15, 0.2) is 23.8 Å². The number of amides is 1. The van der Waals surface area contributed by atoms with Crippen molar-refractivity contribution in [1.82, 2.24) is 5.32 Å². The molecule has 1 rings (SSSR count). The average molecular weight is 335 g/mol. The van der Waals surface area contributed by atoms with Gasteiger partial charge in [-0.2, -0.15) is 0 Å². The number of alkyl carbamates (subject to hydrolysis) is 1. The van der Waals surface area contributed by atoms with Crippen LogP contribution in [0, 0.1) is 0 Å². The molecule has 0 saturated carbocycles. The fourth-order valence-corrected chi connectivity index (χ4v) is 2.12. The minimum absolute atomic E-state index is 0.518. The van der Waals surface area contributed by atoms with Gasteiger partial charge in [0, 0.05) is 18.9 Å². The maximum atomic E-state index is 14.6. The molecule has 0 saturated heterocycles. The van der Waals surface area contributed by atoms with Crippen molar-refractivity contribution >= 4 is 12.1 Å². The Kier molecular flexibility index (Phi) is 5.85. The summed E-state index contributed by atoms with van der Waals surface area (Å²) in [5.74, 6) is -3.67. The van der Waals surface area contributed by atoms with Crippen LogP contribution in [0.25, 0.3) is 0 Å². The minimum atomic E-state index is -2.28. The molecule has 2 atom stereocenters. The third-order valence-corrected chi connectivity index (χ3v) is 2.96. The number of hydrogen-bond donors (Lipinski definition) is 2. The lowest BCUT2D eigenvalue weighted by atomic mass is 9.88. The van der Waals surface area contributed by atoms with Crippen LogP contribution in [0.1, 0.15) is 40.0 Å². The first-order valence-corrected chi connectivity index (χ1v) is 7.04. The SMILES string of the molecule is CC(C)(C)OC(=O)N[C@H](CC(=O)O)CC1(F)C=CC(F)=C(F)C1. The summed E-state index contributed by atoms with van der Waals surface area (Å²) in [6.07, 6.45) is -1.36. The molecule has 0 heterocycles. The number of aliphatic carboxylic acids is 1. The Morgan fingerprint density at radius 2 is 2.04 bits per heavy atom. The molecule has 0 aromatic rings. The molecule has 2 N–H and O–H groups in total. The fourth-order valence-electron chi connectivity index (χ4n) is 2.12. The zero-order valence-electron chi connectivity index (χ0n) is 13.2. The Balaban J connectivity index is 2.78. The van der Waals surface area contributed by atoms with E-state index in [0.717, 1.165) is 6.08 Å². The Morgan fingerprint density at radius 1 is 1.43 bits per heavy atom. The number of alkyl halides is 1. The number of nitrogens with one attached hydrogen (secondary N) is 1. The standard InChI is InChI=1S/C15H20F3NO4/c1-14(2,3)23-13(22)19-9(6-12(20)21)7-15(18)5-4-10(16)11(17)8-15/h4-5,9H,6-8H2,1-3H3,(H,19,22)(H,20,21)/t9-,15?/m1/s1. The number of hydrogen-bond acceptors (Lipinski definition) is 3. The monoisotopic (exact) mass is 335 g/mol. The smallest absolute Gasteiger partial charge is 0.407 e. The predicted molar refractivity (Wildman–Crippen MR) is 76.9 cm³/mol. The molecular weight excluding hydrogens is 315 g/mol. The van der Waals surface area contributed by atoms with E-state index in [0.29, 0.717) is 6.08 Å². The Hall–Kier alpha value is -1.99. The van der Waals surface area contributed by atoms with Crippen LogP contribution in [-0.2, 0) is 9.53 Å². The summed E-state index contributed by atoms with van der Waals surface area (Å²) in [5.41, 5.74) is -3.09. The summed E-state index contributed by atoms with van der Waals surface area (Å²) in [4.78, 5) is 22.6. The molecule has 0 spiro atoms. The van der Waals surface area contributed by atoms with Crippen molar-refractivity contribution in [2.24, 2.45) is 0 Å². The lowest BCUT2D eigenvalue weighted by Gasteiger charge is -2.29. The second kappa shape index (κ2) is 7.06. The number of carbonyl (C=O) groups excluding carboxylic acids is 1. The number of carboxylic acids is 1. The zero-order chi connectivity index (χ0) is 17.8. The normalized spacial score (nSPS) is 22.7. The molecule has 0 aromatic carbocycles. The van der Waals surface area contributed by atoms with E-state index in [1.54, 1.807) is 20.8 Å². The predicted octanol–water partition coefficient (Wildman–Crippen LogP) is 3.56. The van der Waals surface area contributed by atoms with E-state index in [9.17, 15) is 22.8 Å². The number of allylic oxidation sites excluding steroid dienone is 4. The topological polar surface area (TPSA) is 75.6 Å². The second-order valence-electron chi connectivity index (χ2n) is 6.44. The molecule has 1 amide bonds. The maximum absolute atomic E-state index is 14.6. The van der Waals surface area contributed by atoms with Gasteiger partial charge in [0.25, 0.3) is 0 Å². The van der Waals surface area contributed by atoms with Gasteiger partial charge < -0.3 is 15.2 Å². The molecule has 0 bridgehead atoms. The van der Waals surface area contributed by atoms with Gasteiger partial charge in [0.05, 0.1) is 6.42 Å². The summed E-state index contributed by atoms with van der Waals surface area (Å²) in [5, 5.41) is 11.1. The van der Waals surface area contributed by atoms with Gasteiger partial charge in [-0.05, 0) is 32.9 Å². The van der Waals surface area contributed by atoms with E-state index in [-0.39, 0.29) is 0 Å². The highest BCUT2D eigenvalue weighted by Gasteiger charge is 2.36. The van der Waals surface area contributed by atoms with E-state index in [4.69, 9.17) is 9.84 Å². The van der Waals surface area contributed by atoms with Crippen molar-refractivity contribution in [3.63, 3.8) is 0 Å². The van der Waals surface area contributed by atoms with Crippen molar-refractivity contribution in [2.75, 3.05) is 0 Å². The first-order valence-electron chi connectivity index (χ1n) is 7.04. The van der Waals surface area contributed by atoms with Gasteiger partial charge in [0.15, 0.2) is 5.83 Å². The molecule has 8 heteroatoms. The molecule has 5 nitrogen and oxygen atoms in total. The number of carbonyl (C=O) groups is 2. The number of carboxylic acid groups (broad SMARTS) is 1. The minimum Gasteiger partial charge on any atom is -0.481 e. The van der Waals surface area contributed by atoms with Crippen LogP contribution in [0.2, 0.25) is 0 Å². The first-order chi connectivity index (χ1) is 10.4. The molecule has 1 aliphatic carbocycles. The van der Waals surface area contributed by atoms with Crippen LogP contribution >= 0.6 is 0 Å². The van der Waals surface area contributed by atoms with Crippen molar-refractivity contribution in [2.45, 2.75) is 57.3 Å². The van der Waals surface area contributed by atoms with Crippen LogP contribution in [-0.4, -0.2) is 34.5 Å². The molecule has 0 fully saturated rings. The zero-order valence-corrected chi connectivity index (χ0v) is 13.2. The molecular formula is C15H20F3NO4. The lowest BCUT2D eigenvalue weighted by Crippen LogP contribution is -2.43. The lowest BCUT2D eigenvalue weighted by molar-refractivity contribution is -0.137. The van der Waals surface area contributed by atoms with Gasteiger partial charge in [0.2, 0.25) is 0 Å². The molecule has 0 aromatic heterocycles.